The Bertz CT molecular complexity index is 879. The molecule has 3 aromatic rings. The Kier molecular flexibility index (Phi) is 4.51. The van der Waals surface area contributed by atoms with Crippen molar-refractivity contribution in [2.45, 2.75) is 10.9 Å². The highest BCUT2D eigenvalue weighted by molar-refractivity contribution is 8.76. The van der Waals surface area contributed by atoms with Crippen LogP contribution in [0.3, 0.4) is 0 Å². The fraction of sp³-hybridized carbons (Fsp3) is 0.100. The van der Waals surface area contributed by atoms with Crippen molar-refractivity contribution < 1.29 is 9.90 Å². The number of fused-ring (bicyclic) bond motifs is 3. The van der Waals surface area contributed by atoms with Gasteiger partial charge < -0.3 is 5.11 Å². The van der Waals surface area contributed by atoms with E-state index in [2.05, 4.69) is 53.5 Å². The quantitative estimate of drug-likeness (QED) is 0.619. The SMILES string of the molecule is O=C(O)c1ccc(SSCC2c3ccccc3-c3ccccc32)nc1. The molecule has 1 aliphatic rings. The standard InChI is InChI=1S/C20H15NO2S2/c22-20(23)13-9-10-19(21-11-13)25-24-12-18-16-7-3-1-5-14(16)15-6-2-4-8-17(15)18/h1-11,18H,12H2,(H,22,23). The summed E-state index contributed by atoms with van der Waals surface area (Å²) < 4.78 is 0. The molecule has 0 amide bonds. The minimum absolute atomic E-state index is 0.216. The number of nitrogens with zero attached hydrogens (tertiary/aromatic N) is 1. The van der Waals surface area contributed by atoms with E-state index in [0.717, 1.165) is 10.8 Å². The highest BCUT2D eigenvalue weighted by Crippen LogP contribution is 2.47. The van der Waals surface area contributed by atoms with Gasteiger partial charge in [-0.3, -0.25) is 0 Å². The molecule has 0 saturated carbocycles. The molecule has 124 valence electrons. The van der Waals surface area contributed by atoms with Crippen LogP contribution in [0.2, 0.25) is 0 Å². The van der Waals surface area contributed by atoms with Crippen molar-refractivity contribution in [1.29, 1.82) is 0 Å². The number of carbonyl (C=O) groups is 1. The van der Waals surface area contributed by atoms with Crippen LogP contribution in [0, 0.1) is 0 Å². The van der Waals surface area contributed by atoms with Gasteiger partial charge >= 0.3 is 5.97 Å². The van der Waals surface area contributed by atoms with Gasteiger partial charge in [0.15, 0.2) is 0 Å². The predicted octanol–water partition coefficient (Wildman–Crippen LogP) is 5.33. The number of aromatic carboxylic acids is 1. The van der Waals surface area contributed by atoms with E-state index in [1.54, 1.807) is 33.7 Å². The van der Waals surface area contributed by atoms with Crippen LogP contribution in [0.4, 0.5) is 0 Å². The molecule has 0 saturated heterocycles. The van der Waals surface area contributed by atoms with Crippen molar-refractivity contribution in [3.05, 3.63) is 83.6 Å². The Balaban J connectivity index is 1.49. The van der Waals surface area contributed by atoms with Gasteiger partial charge in [0.05, 0.1) is 5.56 Å². The summed E-state index contributed by atoms with van der Waals surface area (Å²) in [6, 6.07) is 20.5. The van der Waals surface area contributed by atoms with E-state index < -0.39 is 5.97 Å². The van der Waals surface area contributed by atoms with Gasteiger partial charge in [-0.1, -0.05) is 59.3 Å². The molecule has 0 bridgehead atoms. The van der Waals surface area contributed by atoms with E-state index in [-0.39, 0.29) is 5.56 Å². The van der Waals surface area contributed by atoms with Crippen LogP contribution in [0.1, 0.15) is 27.4 Å². The third-order valence-electron chi connectivity index (χ3n) is 4.32. The fourth-order valence-electron chi connectivity index (χ4n) is 3.16. The zero-order valence-electron chi connectivity index (χ0n) is 13.3. The Morgan fingerprint density at radius 1 is 0.960 bits per heavy atom. The fourth-order valence-corrected chi connectivity index (χ4v) is 5.33. The average Bonchev–Trinajstić information content (AvgIpc) is 2.97. The summed E-state index contributed by atoms with van der Waals surface area (Å²) in [5.41, 5.74) is 5.64. The number of hydrogen-bond donors (Lipinski definition) is 1. The van der Waals surface area contributed by atoms with Crippen LogP contribution in [0.15, 0.2) is 71.9 Å². The summed E-state index contributed by atoms with van der Waals surface area (Å²) in [5.74, 6) is 0.375. The predicted molar refractivity (Wildman–Crippen MR) is 103 cm³/mol. The van der Waals surface area contributed by atoms with Crippen LogP contribution < -0.4 is 0 Å². The number of carboxylic acid groups (broad SMARTS) is 1. The smallest absolute Gasteiger partial charge is 0.337 e. The Hall–Kier alpha value is -2.24. The van der Waals surface area contributed by atoms with Gasteiger partial charge in [-0.25, -0.2) is 9.78 Å². The third-order valence-corrected chi connectivity index (χ3v) is 6.60. The van der Waals surface area contributed by atoms with Gasteiger partial charge in [0, 0.05) is 17.9 Å². The highest BCUT2D eigenvalue weighted by atomic mass is 33.1. The first kappa shape index (κ1) is 16.2. The topological polar surface area (TPSA) is 50.2 Å². The monoisotopic (exact) mass is 365 g/mol. The minimum atomic E-state index is -0.948. The maximum atomic E-state index is 10.9. The lowest BCUT2D eigenvalue weighted by Gasteiger charge is -2.12. The van der Waals surface area contributed by atoms with Crippen molar-refractivity contribution in [3.63, 3.8) is 0 Å². The number of carboxylic acids is 1. The summed E-state index contributed by atoms with van der Waals surface area (Å²) in [5, 5.41) is 9.76. The number of aromatic nitrogens is 1. The highest BCUT2D eigenvalue weighted by Gasteiger charge is 2.27. The molecule has 0 unspecified atom stereocenters. The van der Waals surface area contributed by atoms with E-state index in [4.69, 9.17) is 5.11 Å². The molecule has 1 aliphatic carbocycles. The number of rotatable bonds is 5. The van der Waals surface area contributed by atoms with E-state index >= 15 is 0 Å². The first-order chi connectivity index (χ1) is 12.2. The van der Waals surface area contributed by atoms with Gasteiger partial charge in [-0.2, -0.15) is 0 Å². The lowest BCUT2D eigenvalue weighted by Crippen LogP contribution is -1.99. The molecule has 4 rings (SSSR count). The molecular weight excluding hydrogens is 350 g/mol. The molecular formula is C20H15NO2S2. The van der Waals surface area contributed by atoms with E-state index in [9.17, 15) is 4.79 Å². The van der Waals surface area contributed by atoms with Gasteiger partial charge in [0.1, 0.15) is 5.03 Å². The van der Waals surface area contributed by atoms with Crippen LogP contribution >= 0.6 is 21.6 Å². The Labute approximate surface area is 153 Å². The van der Waals surface area contributed by atoms with Crippen LogP contribution in [0.25, 0.3) is 11.1 Å². The molecule has 2 aromatic carbocycles. The van der Waals surface area contributed by atoms with Crippen molar-refractivity contribution in [3.8, 4) is 11.1 Å². The third kappa shape index (κ3) is 3.17. The summed E-state index contributed by atoms with van der Waals surface area (Å²) >= 11 is 0. The largest absolute Gasteiger partial charge is 0.478 e. The van der Waals surface area contributed by atoms with Gasteiger partial charge in [-0.05, 0) is 45.2 Å². The second-order valence-corrected chi connectivity index (χ2v) is 8.15. The minimum Gasteiger partial charge on any atom is -0.478 e. The molecule has 0 aliphatic heterocycles. The number of benzene rings is 2. The van der Waals surface area contributed by atoms with Crippen LogP contribution in [-0.2, 0) is 0 Å². The molecule has 25 heavy (non-hydrogen) atoms. The lowest BCUT2D eigenvalue weighted by atomic mass is 9.99. The zero-order valence-corrected chi connectivity index (χ0v) is 14.9. The normalized spacial score (nSPS) is 12.6. The van der Waals surface area contributed by atoms with Crippen LogP contribution in [-0.4, -0.2) is 21.8 Å². The zero-order chi connectivity index (χ0) is 17.2. The Morgan fingerprint density at radius 3 is 2.16 bits per heavy atom. The van der Waals surface area contributed by atoms with E-state index in [1.165, 1.54) is 28.5 Å². The van der Waals surface area contributed by atoms with Crippen LogP contribution in [0.5, 0.6) is 0 Å². The summed E-state index contributed by atoms with van der Waals surface area (Å²) in [4.78, 5) is 15.1. The van der Waals surface area contributed by atoms with Gasteiger partial charge in [0.25, 0.3) is 0 Å². The Morgan fingerprint density at radius 2 is 1.60 bits per heavy atom. The second kappa shape index (κ2) is 6.94. The first-order valence-corrected chi connectivity index (χ1v) is 10.2. The maximum Gasteiger partial charge on any atom is 0.337 e. The molecule has 1 N–H and O–H groups in total. The molecule has 0 spiro atoms. The maximum absolute atomic E-state index is 10.9. The molecule has 0 radical (unpaired) electrons. The number of hydrogen-bond acceptors (Lipinski definition) is 4. The molecule has 1 heterocycles. The van der Waals surface area contributed by atoms with E-state index in [1.807, 2.05) is 0 Å². The molecule has 1 aromatic heterocycles. The van der Waals surface area contributed by atoms with E-state index in [0.29, 0.717) is 5.92 Å². The van der Waals surface area contributed by atoms with Crippen molar-refractivity contribution >= 4 is 27.6 Å². The second-order valence-electron chi connectivity index (χ2n) is 5.79. The first-order valence-electron chi connectivity index (χ1n) is 7.91. The molecule has 5 heteroatoms. The summed E-state index contributed by atoms with van der Waals surface area (Å²) in [6.07, 6.45) is 1.41. The van der Waals surface area contributed by atoms with Gasteiger partial charge in [0.2, 0.25) is 0 Å². The average molecular weight is 365 g/mol. The van der Waals surface area contributed by atoms with Gasteiger partial charge in [-0.15, -0.1) is 0 Å². The summed E-state index contributed by atoms with van der Waals surface area (Å²) in [7, 11) is 3.34. The van der Waals surface area contributed by atoms with Crippen molar-refractivity contribution in [2.24, 2.45) is 0 Å². The lowest BCUT2D eigenvalue weighted by molar-refractivity contribution is 0.0696. The number of pyridine rings is 1. The molecule has 0 atom stereocenters. The molecule has 0 fully saturated rings. The summed E-state index contributed by atoms with van der Waals surface area (Å²) in [6.45, 7) is 0. The van der Waals surface area contributed by atoms with Crippen molar-refractivity contribution in [1.82, 2.24) is 4.98 Å². The molecule has 3 nitrogen and oxygen atoms in total. The van der Waals surface area contributed by atoms with Crippen molar-refractivity contribution in [2.75, 3.05) is 5.75 Å².